The van der Waals surface area contributed by atoms with Crippen molar-refractivity contribution < 1.29 is 8.42 Å². The predicted octanol–water partition coefficient (Wildman–Crippen LogP) is 1.59. The van der Waals surface area contributed by atoms with Crippen LogP contribution in [0.15, 0.2) is 17.5 Å². The Kier molecular flexibility index (Phi) is 3.13. The summed E-state index contributed by atoms with van der Waals surface area (Å²) in [6, 6.07) is 4.48. The Bertz CT molecular complexity index is 411. The highest BCUT2D eigenvalue weighted by Gasteiger charge is 2.28. The van der Waals surface area contributed by atoms with Crippen molar-refractivity contribution in [2.24, 2.45) is 0 Å². The molecule has 0 saturated carbocycles. The first-order chi connectivity index (χ1) is 7.07. The number of nitrogens with one attached hydrogen (secondary N) is 1. The van der Waals surface area contributed by atoms with Gasteiger partial charge in [-0.3, -0.25) is 0 Å². The van der Waals surface area contributed by atoms with Crippen LogP contribution >= 0.6 is 11.3 Å². The molecule has 0 unspecified atom stereocenters. The second kappa shape index (κ2) is 4.23. The second-order valence-electron chi connectivity index (χ2n) is 4.00. The smallest absolute Gasteiger partial charge is 0.151 e. The monoisotopic (exact) mass is 245 g/mol. The summed E-state index contributed by atoms with van der Waals surface area (Å²) in [5.74, 6) is 0.630. The Hall–Kier alpha value is -0.390. The van der Waals surface area contributed by atoms with Crippen molar-refractivity contribution in [1.82, 2.24) is 5.32 Å². The van der Waals surface area contributed by atoms with Crippen molar-refractivity contribution in [2.75, 3.05) is 11.5 Å². The van der Waals surface area contributed by atoms with Crippen LogP contribution in [-0.2, 0) is 9.84 Å². The van der Waals surface area contributed by atoms with E-state index >= 15 is 0 Å². The van der Waals surface area contributed by atoms with Gasteiger partial charge in [-0.25, -0.2) is 8.42 Å². The molecule has 0 bridgehead atoms. The lowest BCUT2D eigenvalue weighted by molar-refractivity contribution is 0.490. The summed E-state index contributed by atoms with van der Waals surface area (Å²) in [5.41, 5.74) is 0. The van der Waals surface area contributed by atoms with Gasteiger partial charge in [0.2, 0.25) is 0 Å². The number of hydrogen-bond donors (Lipinski definition) is 1. The SMILES string of the molecule is C[C@@H](N[C@H]1CCS(=O)(=O)C1)c1cccs1. The maximum atomic E-state index is 11.3. The Labute approximate surface area is 94.4 Å². The van der Waals surface area contributed by atoms with Crippen LogP contribution in [0.5, 0.6) is 0 Å². The quantitative estimate of drug-likeness (QED) is 0.879. The van der Waals surface area contributed by atoms with E-state index in [4.69, 9.17) is 0 Å². The molecule has 0 radical (unpaired) electrons. The molecular weight excluding hydrogens is 230 g/mol. The molecule has 3 nitrogen and oxygen atoms in total. The summed E-state index contributed by atoms with van der Waals surface area (Å²) < 4.78 is 22.5. The average molecular weight is 245 g/mol. The molecule has 0 spiro atoms. The zero-order chi connectivity index (χ0) is 10.9. The van der Waals surface area contributed by atoms with Gasteiger partial charge in [-0.2, -0.15) is 0 Å². The van der Waals surface area contributed by atoms with Crippen molar-refractivity contribution in [3.05, 3.63) is 22.4 Å². The molecular formula is C10H15NO2S2. The van der Waals surface area contributed by atoms with Crippen molar-refractivity contribution >= 4 is 21.2 Å². The first kappa shape index (κ1) is 11.1. The molecule has 2 atom stereocenters. The summed E-state index contributed by atoms with van der Waals surface area (Å²) in [6.45, 7) is 2.08. The normalized spacial score (nSPS) is 26.6. The minimum Gasteiger partial charge on any atom is -0.306 e. The number of thiophene rings is 1. The fourth-order valence-electron chi connectivity index (χ4n) is 1.90. The predicted molar refractivity (Wildman–Crippen MR) is 62.9 cm³/mol. The third-order valence-corrected chi connectivity index (χ3v) is 5.51. The van der Waals surface area contributed by atoms with Gasteiger partial charge < -0.3 is 5.32 Å². The molecule has 0 aliphatic carbocycles. The molecule has 2 rings (SSSR count). The fraction of sp³-hybridized carbons (Fsp3) is 0.600. The molecule has 2 heterocycles. The van der Waals surface area contributed by atoms with Gasteiger partial charge in [-0.05, 0) is 24.8 Å². The highest BCUT2D eigenvalue weighted by atomic mass is 32.2. The van der Waals surface area contributed by atoms with Gasteiger partial charge >= 0.3 is 0 Å². The van der Waals surface area contributed by atoms with E-state index in [9.17, 15) is 8.42 Å². The molecule has 0 aromatic carbocycles. The van der Waals surface area contributed by atoms with E-state index in [0.29, 0.717) is 11.5 Å². The van der Waals surface area contributed by atoms with E-state index in [2.05, 4.69) is 18.3 Å². The third kappa shape index (κ3) is 2.80. The van der Waals surface area contributed by atoms with Crippen LogP contribution in [0.2, 0.25) is 0 Å². The maximum absolute atomic E-state index is 11.3. The Morgan fingerprint density at radius 3 is 2.93 bits per heavy atom. The first-order valence-corrected chi connectivity index (χ1v) is 7.77. The molecule has 1 aliphatic rings. The minimum absolute atomic E-state index is 0.132. The lowest BCUT2D eigenvalue weighted by atomic mass is 10.2. The molecule has 5 heteroatoms. The van der Waals surface area contributed by atoms with Gasteiger partial charge in [0.15, 0.2) is 9.84 Å². The number of sulfone groups is 1. The van der Waals surface area contributed by atoms with Crippen LogP contribution in [-0.4, -0.2) is 26.0 Å². The Morgan fingerprint density at radius 1 is 1.60 bits per heavy atom. The zero-order valence-electron chi connectivity index (χ0n) is 8.64. The molecule has 1 N–H and O–H groups in total. The van der Waals surface area contributed by atoms with Crippen molar-refractivity contribution in [3.8, 4) is 0 Å². The van der Waals surface area contributed by atoms with Gasteiger partial charge in [0.1, 0.15) is 0 Å². The lowest BCUT2D eigenvalue weighted by Crippen LogP contribution is -2.31. The largest absolute Gasteiger partial charge is 0.306 e. The van der Waals surface area contributed by atoms with E-state index in [-0.39, 0.29) is 12.1 Å². The van der Waals surface area contributed by atoms with Crippen LogP contribution in [0.25, 0.3) is 0 Å². The maximum Gasteiger partial charge on any atom is 0.151 e. The molecule has 1 aromatic rings. The van der Waals surface area contributed by atoms with Crippen molar-refractivity contribution in [2.45, 2.75) is 25.4 Å². The molecule has 15 heavy (non-hydrogen) atoms. The molecule has 84 valence electrons. The Balaban J connectivity index is 1.94. The van der Waals surface area contributed by atoms with Gasteiger partial charge in [0.25, 0.3) is 0 Å². The number of rotatable bonds is 3. The zero-order valence-corrected chi connectivity index (χ0v) is 10.3. The number of hydrogen-bond acceptors (Lipinski definition) is 4. The van der Waals surface area contributed by atoms with E-state index in [1.807, 2.05) is 11.4 Å². The van der Waals surface area contributed by atoms with Crippen LogP contribution in [0.3, 0.4) is 0 Å². The van der Waals surface area contributed by atoms with Crippen molar-refractivity contribution in [3.63, 3.8) is 0 Å². The molecule has 0 amide bonds. The summed E-state index contributed by atoms with van der Waals surface area (Å²) >= 11 is 1.70. The van der Waals surface area contributed by atoms with E-state index < -0.39 is 9.84 Å². The van der Waals surface area contributed by atoms with E-state index in [1.165, 1.54) is 4.88 Å². The van der Waals surface area contributed by atoms with Gasteiger partial charge in [0, 0.05) is 17.0 Å². The molecule has 1 aromatic heterocycles. The summed E-state index contributed by atoms with van der Waals surface area (Å²) in [6.07, 6.45) is 0.748. The second-order valence-corrected chi connectivity index (χ2v) is 7.21. The lowest BCUT2D eigenvalue weighted by Gasteiger charge is -2.16. The van der Waals surface area contributed by atoms with Gasteiger partial charge in [0.05, 0.1) is 11.5 Å². The first-order valence-electron chi connectivity index (χ1n) is 5.07. The Morgan fingerprint density at radius 2 is 2.40 bits per heavy atom. The van der Waals surface area contributed by atoms with Crippen molar-refractivity contribution in [1.29, 1.82) is 0 Å². The third-order valence-electron chi connectivity index (χ3n) is 2.69. The van der Waals surface area contributed by atoms with Gasteiger partial charge in [-0.1, -0.05) is 6.07 Å². The van der Waals surface area contributed by atoms with E-state index in [0.717, 1.165) is 6.42 Å². The van der Waals surface area contributed by atoms with Crippen LogP contribution < -0.4 is 5.32 Å². The summed E-state index contributed by atoms with van der Waals surface area (Å²) in [5, 5.41) is 5.41. The summed E-state index contributed by atoms with van der Waals surface area (Å²) in [4.78, 5) is 1.26. The molecule has 1 saturated heterocycles. The van der Waals surface area contributed by atoms with E-state index in [1.54, 1.807) is 11.3 Å². The van der Waals surface area contributed by atoms with Crippen LogP contribution in [0, 0.1) is 0 Å². The summed E-state index contributed by atoms with van der Waals surface area (Å²) in [7, 11) is -2.77. The molecule has 1 aliphatic heterocycles. The van der Waals surface area contributed by atoms with Crippen LogP contribution in [0.1, 0.15) is 24.3 Å². The van der Waals surface area contributed by atoms with Crippen LogP contribution in [0.4, 0.5) is 0 Å². The highest BCUT2D eigenvalue weighted by molar-refractivity contribution is 7.91. The molecule has 1 fully saturated rings. The topological polar surface area (TPSA) is 46.2 Å². The standard InChI is InChI=1S/C10H15NO2S2/c1-8(10-3-2-5-14-10)11-9-4-6-15(12,13)7-9/h2-3,5,8-9,11H,4,6-7H2,1H3/t8-,9+/m1/s1. The minimum atomic E-state index is -2.77. The van der Waals surface area contributed by atoms with Gasteiger partial charge in [-0.15, -0.1) is 11.3 Å². The average Bonchev–Trinajstić information content (AvgIpc) is 2.74. The highest BCUT2D eigenvalue weighted by Crippen LogP contribution is 2.21. The fourth-order valence-corrected chi connectivity index (χ4v) is 4.33.